The molecule has 0 radical (unpaired) electrons. The van der Waals surface area contributed by atoms with Crippen LogP contribution in [0.3, 0.4) is 0 Å². The summed E-state index contributed by atoms with van der Waals surface area (Å²) in [6, 6.07) is 0.629. The maximum atomic E-state index is 9.12. The van der Waals surface area contributed by atoms with Gasteiger partial charge in [0.05, 0.1) is 6.10 Å². The molecule has 0 amide bonds. The summed E-state index contributed by atoms with van der Waals surface area (Å²) in [4.78, 5) is 2.23. The van der Waals surface area contributed by atoms with Gasteiger partial charge in [-0.2, -0.15) is 0 Å². The summed E-state index contributed by atoms with van der Waals surface area (Å²) >= 11 is 0. The SMILES string of the molecule is CCC(CC)N(C)CC(C)O. The van der Waals surface area contributed by atoms with Crippen molar-refractivity contribution in [2.45, 2.75) is 45.8 Å². The van der Waals surface area contributed by atoms with E-state index in [2.05, 4.69) is 25.8 Å². The van der Waals surface area contributed by atoms with Gasteiger partial charge in [0.25, 0.3) is 0 Å². The van der Waals surface area contributed by atoms with Gasteiger partial charge >= 0.3 is 0 Å². The first-order valence-corrected chi connectivity index (χ1v) is 4.50. The van der Waals surface area contributed by atoms with Crippen molar-refractivity contribution in [3.63, 3.8) is 0 Å². The quantitative estimate of drug-likeness (QED) is 0.657. The summed E-state index contributed by atoms with van der Waals surface area (Å²) < 4.78 is 0. The molecule has 1 unspecified atom stereocenters. The molecule has 0 spiro atoms. The molecule has 1 N–H and O–H groups in total. The number of hydrogen-bond donors (Lipinski definition) is 1. The zero-order chi connectivity index (χ0) is 8.85. The van der Waals surface area contributed by atoms with Crippen molar-refractivity contribution >= 4 is 0 Å². The molecular formula is C9H21NO. The highest BCUT2D eigenvalue weighted by Gasteiger charge is 2.11. The Balaban J connectivity index is 3.68. The summed E-state index contributed by atoms with van der Waals surface area (Å²) in [5.74, 6) is 0. The molecule has 0 aliphatic carbocycles. The Morgan fingerprint density at radius 2 is 1.73 bits per heavy atom. The molecule has 0 saturated heterocycles. The second kappa shape index (κ2) is 5.56. The molecule has 0 bridgehead atoms. The fourth-order valence-corrected chi connectivity index (χ4v) is 1.48. The fraction of sp³-hybridized carbons (Fsp3) is 1.00. The predicted molar refractivity (Wildman–Crippen MR) is 48.7 cm³/mol. The monoisotopic (exact) mass is 159 g/mol. The van der Waals surface area contributed by atoms with Crippen LogP contribution >= 0.6 is 0 Å². The lowest BCUT2D eigenvalue weighted by Crippen LogP contribution is -2.35. The Hall–Kier alpha value is -0.0800. The van der Waals surface area contributed by atoms with Gasteiger partial charge < -0.3 is 10.0 Å². The van der Waals surface area contributed by atoms with Gasteiger partial charge in [-0.1, -0.05) is 13.8 Å². The Morgan fingerprint density at radius 1 is 1.27 bits per heavy atom. The van der Waals surface area contributed by atoms with Gasteiger partial charge in [0.2, 0.25) is 0 Å². The van der Waals surface area contributed by atoms with Crippen LogP contribution in [0.15, 0.2) is 0 Å². The van der Waals surface area contributed by atoms with Gasteiger partial charge in [-0.15, -0.1) is 0 Å². The van der Waals surface area contributed by atoms with Gasteiger partial charge in [0.1, 0.15) is 0 Å². The van der Waals surface area contributed by atoms with Crippen LogP contribution in [0.4, 0.5) is 0 Å². The lowest BCUT2D eigenvalue weighted by Gasteiger charge is -2.26. The first kappa shape index (κ1) is 10.9. The maximum absolute atomic E-state index is 9.12. The Morgan fingerprint density at radius 3 is 2.00 bits per heavy atom. The highest BCUT2D eigenvalue weighted by molar-refractivity contribution is 4.66. The lowest BCUT2D eigenvalue weighted by atomic mass is 10.1. The molecule has 0 aromatic carbocycles. The molecule has 68 valence electrons. The van der Waals surface area contributed by atoms with E-state index in [0.29, 0.717) is 6.04 Å². The van der Waals surface area contributed by atoms with Gasteiger partial charge in [-0.25, -0.2) is 0 Å². The molecule has 0 aromatic rings. The van der Waals surface area contributed by atoms with Gasteiger partial charge in [-0.3, -0.25) is 0 Å². The van der Waals surface area contributed by atoms with Crippen molar-refractivity contribution in [3.8, 4) is 0 Å². The molecule has 2 heteroatoms. The molecular weight excluding hydrogens is 138 g/mol. The number of hydrogen-bond acceptors (Lipinski definition) is 2. The third kappa shape index (κ3) is 4.38. The molecule has 11 heavy (non-hydrogen) atoms. The second-order valence-electron chi connectivity index (χ2n) is 3.26. The Labute approximate surface area is 70.2 Å². The van der Waals surface area contributed by atoms with Gasteiger partial charge in [0, 0.05) is 12.6 Å². The smallest absolute Gasteiger partial charge is 0.0639 e. The Bertz CT molecular complexity index is 89.6. The van der Waals surface area contributed by atoms with Crippen molar-refractivity contribution < 1.29 is 5.11 Å². The Kier molecular flexibility index (Phi) is 5.51. The van der Waals surface area contributed by atoms with Crippen LogP contribution in [0.1, 0.15) is 33.6 Å². The minimum absolute atomic E-state index is 0.208. The lowest BCUT2D eigenvalue weighted by molar-refractivity contribution is 0.114. The van der Waals surface area contributed by atoms with E-state index in [1.165, 1.54) is 12.8 Å². The number of aliphatic hydroxyl groups excluding tert-OH is 1. The van der Waals surface area contributed by atoms with Crippen LogP contribution in [-0.4, -0.2) is 35.7 Å². The number of rotatable bonds is 5. The zero-order valence-corrected chi connectivity index (χ0v) is 8.17. The third-order valence-corrected chi connectivity index (χ3v) is 2.12. The highest BCUT2D eigenvalue weighted by atomic mass is 16.3. The normalized spacial score (nSPS) is 14.5. The minimum atomic E-state index is -0.208. The molecule has 0 aliphatic heterocycles. The molecule has 0 aliphatic rings. The van der Waals surface area contributed by atoms with Crippen LogP contribution in [0.25, 0.3) is 0 Å². The van der Waals surface area contributed by atoms with E-state index in [1.54, 1.807) is 0 Å². The van der Waals surface area contributed by atoms with Crippen LogP contribution in [-0.2, 0) is 0 Å². The molecule has 0 saturated carbocycles. The summed E-state index contributed by atoms with van der Waals surface area (Å²) in [6.07, 6.45) is 2.12. The highest BCUT2D eigenvalue weighted by Crippen LogP contribution is 2.05. The number of nitrogens with zero attached hydrogens (tertiary/aromatic N) is 1. The zero-order valence-electron chi connectivity index (χ0n) is 8.17. The first-order chi connectivity index (χ1) is 5.11. The molecule has 0 rings (SSSR count). The largest absolute Gasteiger partial charge is 0.392 e. The minimum Gasteiger partial charge on any atom is -0.392 e. The summed E-state index contributed by atoms with van der Waals surface area (Å²) in [6.45, 7) is 6.99. The van der Waals surface area contributed by atoms with Crippen LogP contribution in [0.5, 0.6) is 0 Å². The van der Waals surface area contributed by atoms with E-state index in [-0.39, 0.29) is 6.10 Å². The average molecular weight is 159 g/mol. The predicted octanol–water partition coefficient (Wildman–Crippen LogP) is 1.49. The standard InChI is InChI=1S/C9H21NO/c1-5-9(6-2)10(4)7-8(3)11/h8-9,11H,5-7H2,1-4H3. The van der Waals surface area contributed by atoms with E-state index in [1.807, 2.05) is 6.92 Å². The third-order valence-electron chi connectivity index (χ3n) is 2.12. The van der Waals surface area contributed by atoms with Crippen LogP contribution in [0, 0.1) is 0 Å². The van der Waals surface area contributed by atoms with Gasteiger partial charge in [0.15, 0.2) is 0 Å². The topological polar surface area (TPSA) is 23.5 Å². The molecule has 0 aromatic heterocycles. The van der Waals surface area contributed by atoms with E-state index in [9.17, 15) is 0 Å². The van der Waals surface area contributed by atoms with Crippen molar-refractivity contribution in [2.24, 2.45) is 0 Å². The van der Waals surface area contributed by atoms with E-state index in [0.717, 1.165) is 6.54 Å². The second-order valence-corrected chi connectivity index (χ2v) is 3.26. The summed E-state index contributed by atoms with van der Waals surface area (Å²) in [7, 11) is 2.07. The fourth-order valence-electron chi connectivity index (χ4n) is 1.48. The maximum Gasteiger partial charge on any atom is 0.0639 e. The first-order valence-electron chi connectivity index (χ1n) is 4.50. The average Bonchev–Trinajstić information content (AvgIpc) is 1.88. The van der Waals surface area contributed by atoms with Crippen LogP contribution < -0.4 is 0 Å². The van der Waals surface area contributed by atoms with E-state index in [4.69, 9.17) is 5.11 Å². The molecule has 1 atom stereocenters. The van der Waals surface area contributed by atoms with Crippen LogP contribution in [0.2, 0.25) is 0 Å². The molecule has 2 nitrogen and oxygen atoms in total. The van der Waals surface area contributed by atoms with Crippen molar-refractivity contribution in [1.29, 1.82) is 0 Å². The van der Waals surface area contributed by atoms with Crippen molar-refractivity contribution in [3.05, 3.63) is 0 Å². The van der Waals surface area contributed by atoms with Gasteiger partial charge in [-0.05, 0) is 26.8 Å². The van der Waals surface area contributed by atoms with E-state index < -0.39 is 0 Å². The molecule has 0 fully saturated rings. The number of aliphatic hydroxyl groups is 1. The molecule has 0 heterocycles. The van der Waals surface area contributed by atoms with E-state index >= 15 is 0 Å². The summed E-state index contributed by atoms with van der Waals surface area (Å²) in [5, 5.41) is 9.12. The number of likely N-dealkylation sites (N-methyl/N-ethyl adjacent to an activating group) is 1. The van der Waals surface area contributed by atoms with Crippen molar-refractivity contribution in [2.75, 3.05) is 13.6 Å². The van der Waals surface area contributed by atoms with Crippen molar-refractivity contribution in [1.82, 2.24) is 4.90 Å². The summed E-state index contributed by atoms with van der Waals surface area (Å²) in [5.41, 5.74) is 0.